The number of thiazole rings is 1. The fraction of sp³-hybridized carbons (Fsp3) is 0.188. The first-order valence-electron chi connectivity index (χ1n) is 7.17. The zero-order valence-corrected chi connectivity index (χ0v) is 14.6. The van der Waals surface area contributed by atoms with E-state index in [1.165, 1.54) is 23.5 Å². The maximum absolute atomic E-state index is 13.2. The van der Waals surface area contributed by atoms with Crippen LogP contribution in [0.4, 0.5) is 4.39 Å². The maximum Gasteiger partial charge on any atom is 0.274 e. The predicted molar refractivity (Wildman–Crippen MR) is 93.3 cm³/mol. The molecule has 1 aromatic heterocycles. The molecule has 0 aliphatic heterocycles. The van der Waals surface area contributed by atoms with Crippen LogP contribution in [-0.4, -0.2) is 29.9 Å². The molecule has 0 spiro atoms. The Morgan fingerprint density at radius 2 is 2.20 bits per heavy atom. The molecule has 1 aromatic carbocycles. The Balaban J connectivity index is 1.65. The number of hydrogen-bond acceptors (Lipinski definition) is 5. The van der Waals surface area contributed by atoms with Crippen molar-refractivity contribution in [3.05, 3.63) is 57.9 Å². The van der Waals surface area contributed by atoms with Gasteiger partial charge in [-0.25, -0.2) is 9.37 Å². The first-order chi connectivity index (χ1) is 12.0. The summed E-state index contributed by atoms with van der Waals surface area (Å²) in [7, 11) is 0. The number of halogens is 2. The highest BCUT2D eigenvalue weighted by molar-refractivity contribution is 7.07. The molecule has 0 bridgehead atoms. The number of hydrogen-bond donors (Lipinski definition) is 2. The molecule has 0 aliphatic rings. The van der Waals surface area contributed by atoms with Gasteiger partial charge in [-0.2, -0.15) is 0 Å². The molecule has 2 amide bonds. The summed E-state index contributed by atoms with van der Waals surface area (Å²) in [4.78, 5) is 27.3. The molecule has 0 fully saturated rings. The van der Waals surface area contributed by atoms with Crippen LogP contribution in [0.1, 0.15) is 16.9 Å². The molecule has 132 valence electrons. The molecule has 0 saturated carbocycles. The fourth-order valence-electron chi connectivity index (χ4n) is 1.73. The van der Waals surface area contributed by atoms with E-state index < -0.39 is 5.82 Å². The fourth-order valence-corrected chi connectivity index (χ4v) is 2.38. The third-order valence-corrected chi connectivity index (χ3v) is 3.86. The predicted octanol–water partition coefficient (Wildman–Crippen LogP) is 2.76. The Morgan fingerprint density at radius 1 is 1.40 bits per heavy atom. The Labute approximate surface area is 152 Å². The van der Waals surface area contributed by atoms with Crippen molar-refractivity contribution in [2.75, 3.05) is 13.2 Å². The van der Waals surface area contributed by atoms with Gasteiger partial charge in [0.25, 0.3) is 11.8 Å². The molecule has 0 aliphatic carbocycles. The van der Waals surface area contributed by atoms with E-state index in [0.717, 1.165) is 6.07 Å². The van der Waals surface area contributed by atoms with Crippen LogP contribution in [0, 0.1) is 5.82 Å². The number of carbonyl (C=O) groups is 2. The van der Waals surface area contributed by atoms with E-state index in [-0.39, 0.29) is 35.7 Å². The Bertz CT molecular complexity index is 768. The smallest absolute Gasteiger partial charge is 0.274 e. The minimum Gasteiger partial charge on any atom is -0.484 e. The van der Waals surface area contributed by atoms with E-state index in [1.807, 2.05) is 0 Å². The van der Waals surface area contributed by atoms with Gasteiger partial charge >= 0.3 is 0 Å². The lowest BCUT2D eigenvalue weighted by Crippen LogP contribution is -2.31. The van der Waals surface area contributed by atoms with Crippen LogP contribution in [0.15, 0.2) is 41.4 Å². The van der Waals surface area contributed by atoms with Crippen molar-refractivity contribution in [3.63, 3.8) is 0 Å². The summed E-state index contributed by atoms with van der Waals surface area (Å²) in [6.45, 7) is 3.73. The van der Waals surface area contributed by atoms with Crippen molar-refractivity contribution in [2.24, 2.45) is 0 Å². The summed E-state index contributed by atoms with van der Waals surface area (Å²) < 4.78 is 18.4. The minimum atomic E-state index is -0.619. The highest BCUT2D eigenvalue weighted by Crippen LogP contribution is 2.20. The number of carbonyl (C=O) groups excluding carboxylic acids is 2. The topological polar surface area (TPSA) is 80.3 Å². The summed E-state index contributed by atoms with van der Waals surface area (Å²) in [5.74, 6) is -1.14. The zero-order valence-electron chi connectivity index (χ0n) is 13.1. The largest absolute Gasteiger partial charge is 0.484 e. The van der Waals surface area contributed by atoms with Crippen LogP contribution < -0.4 is 15.4 Å². The van der Waals surface area contributed by atoms with Crippen molar-refractivity contribution >= 4 is 34.8 Å². The quantitative estimate of drug-likeness (QED) is 0.734. The lowest BCUT2D eigenvalue weighted by atomic mass is 10.3. The van der Waals surface area contributed by atoms with Gasteiger partial charge in [0.1, 0.15) is 17.3 Å². The van der Waals surface area contributed by atoms with Crippen LogP contribution in [0.5, 0.6) is 5.75 Å². The van der Waals surface area contributed by atoms with Crippen molar-refractivity contribution in [2.45, 2.75) is 6.42 Å². The second kappa shape index (κ2) is 9.14. The summed E-state index contributed by atoms with van der Waals surface area (Å²) in [5.41, 5.74) is 2.34. The number of benzene rings is 1. The van der Waals surface area contributed by atoms with Crippen LogP contribution in [-0.2, 0) is 4.79 Å². The van der Waals surface area contributed by atoms with Crippen molar-refractivity contribution in [1.29, 1.82) is 0 Å². The standard InChI is InChI=1S/C16H15ClFN3O3S/c1-10(21-16(23)14-8-25-9-20-14)4-5-19-15(22)7-24-11-2-3-12(17)13(18)6-11/h2-3,6,8-9H,1,4-5,7H2,(H,19,22)(H,21,23). The van der Waals surface area contributed by atoms with Gasteiger partial charge in [0, 0.05) is 30.1 Å². The first kappa shape index (κ1) is 18.9. The number of nitrogens with one attached hydrogen (secondary N) is 2. The Hall–Kier alpha value is -2.45. The lowest BCUT2D eigenvalue weighted by molar-refractivity contribution is -0.123. The van der Waals surface area contributed by atoms with Gasteiger partial charge in [-0.15, -0.1) is 11.3 Å². The summed E-state index contributed by atoms with van der Waals surface area (Å²) >= 11 is 6.88. The number of rotatable bonds is 8. The molecule has 1 heterocycles. The van der Waals surface area contributed by atoms with Crippen LogP contribution in [0.3, 0.4) is 0 Å². The summed E-state index contributed by atoms with van der Waals surface area (Å²) in [6, 6.07) is 3.92. The first-order valence-corrected chi connectivity index (χ1v) is 8.49. The Morgan fingerprint density at radius 3 is 2.88 bits per heavy atom. The maximum atomic E-state index is 13.2. The molecule has 0 radical (unpaired) electrons. The van der Waals surface area contributed by atoms with Crippen LogP contribution in [0.25, 0.3) is 0 Å². The van der Waals surface area contributed by atoms with Crippen molar-refractivity contribution in [1.82, 2.24) is 15.6 Å². The number of nitrogens with zero attached hydrogens (tertiary/aromatic N) is 1. The van der Waals surface area contributed by atoms with Gasteiger partial charge in [-0.3, -0.25) is 9.59 Å². The summed E-state index contributed by atoms with van der Waals surface area (Å²) in [5, 5.41) is 6.82. The van der Waals surface area contributed by atoms with Gasteiger partial charge in [-0.1, -0.05) is 18.2 Å². The third-order valence-electron chi connectivity index (χ3n) is 2.97. The van der Waals surface area contributed by atoms with Gasteiger partial charge in [0.2, 0.25) is 0 Å². The van der Waals surface area contributed by atoms with Crippen LogP contribution >= 0.6 is 22.9 Å². The molecule has 0 saturated heterocycles. The highest BCUT2D eigenvalue weighted by atomic mass is 35.5. The molecule has 6 nitrogen and oxygen atoms in total. The molecule has 25 heavy (non-hydrogen) atoms. The van der Waals surface area contributed by atoms with Gasteiger partial charge in [-0.05, 0) is 12.1 Å². The molecule has 0 unspecified atom stereocenters. The second-order valence-electron chi connectivity index (χ2n) is 4.90. The molecule has 2 aromatic rings. The van der Waals surface area contributed by atoms with E-state index in [4.69, 9.17) is 16.3 Å². The van der Waals surface area contributed by atoms with E-state index >= 15 is 0 Å². The average molecular weight is 384 g/mol. The SMILES string of the molecule is C=C(CCNC(=O)COc1ccc(Cl)c(F)c1)NC(=O)c1cscn1. The lowest BCUT2D eigenvalue weighted by Gasteiger charge is -2.09. The Kier molecular flexibility index (Phi) is 6.91. The number of ether oxygens (including phenoxy) is 1. The molecule has 0 atom stereocenters. The van der Waals surface area contributed by atoms with Gasteiger partial charge < -0.3 is 15.4 Å². The monoisotopic (exact) mass is 383 g/mol. The zero-order chi connectivity index (χ0) is 18.2. The molecule has 2 N–H and O–H groups in total. The van der Waals surface area contributed by atoms with E-state index in [2.05, 4.69) is 22.2 Å². The van der Waals surface area contributed by atoms with E-state index in [1.54, 1.807) is 10.9 Å². The van der Waals surface area contributed by atoms with Gasteiger partial charge in [0.05, 0.1) is 10.5 Å². The normalized spacial score (nSPS) is 10.2. The molecule has 2 rings (SSSR count). The molecular weight excluding hydrogens is 369 g/mol. The molecule has 9 heteroatoms. The van der Waals surface area contributed by atoms with E-state index in [9.17, 15) is 14.0 Å². The number of aromatic nitrogens is 1. The van der Waals surface area contributed by atoms with Crippen molar-refractivity contribution in [3.8, 4) is 5.75 Å². The highest BCUT2D eigenvalue weighted by Gasteiger charge is 2.09. The summed E-state index contributed by atoms with van der Waals surface area (Å²) in [6.07, 6.45) is 0.358. The second-order valence-corrected chi connectivity index (χ2v) is 6.02. The average Bonchev–Trinajstić information content (AvgIpc) is 3.10. The van der Waals surface area contributed by atoms with Gasteiger partial charge in [0.15, 0.2) is 6.61 Å². The molecular formula is C16H15ClFN3O3S. The minimum absolute atomic E-state index is 0.0185. The van der Waals surface area contributed by atoms with Crippen LogP contribution in [0.2, 0.25) is 5.02 Å². The third kappa shape index (κ3) is 6.17. The number of amides is 2. The van der Waals surface area contributed by atoms with Crippen molar-refractivity contribution < 1.29 is 18.7 Å². The van der Waals surface area contributed by atoms with E-state index in [0.29, 0.717) is 17.8 Å².